The van der Waals surface area contributed by atoms with Gasteiger partial charge < -0.3 is 18.8 Å². The van der Waals surface area contributed by atoms with E-state index in [4.69, 9.17) is 13.9 Å². The van der Waals surface area contributed by atoms with Gasteiger partial charge in [-0.2, -0.15) is 0 Å². The van der Waals surface area contributed by atoms with Crippen molar-refractivity contribution in [3.05, 3.63) is 58.4 Å². The Bertz CT molecular complexity index is 1030. The van der Waals surface area contributed by atoms with Gasteiger partial charge in [0.1, 0.15) is 36.5 Å². The monoisotopic (exact) mass is 394 g/mol. The van der Waals surface area contributed by atoms with Crippen molar-refractivity contribution in [1.29, 1.82) is 0 Å². The molecule has 2 heterocycles. The van der Waals surface area contributed by atoms with E-state index < -0.39 is 0 Å². The zero-order chi connectivity index (χ0) is 20.2. The second-order valence-electron chi connectivity index (χ2n) is 7.68. The molecule has 1 saturated heterocycles. The van der Waals surface area contributed by atoms with Crippen LogP contribution in [-0.2, 0) is 0 Å². The Morgan fingerprint density at radius 3 is 2.52 bits per heavy atom. The van der Waals surface area contributed by atoms with E-state index >= 15 is 0 Å². The number of methoxy groups -OCH3 is 1. The number of nitrogens with one attached hydrogen (secondary N) is 1. The molecule has 0 radical (unpaired) electrons. The average Bonchev–Trinajstić information content (AvgIpc) is 2.77. The van der Waals surface area contributed by atoms with Crippen LogP contribution in [0.1, 0.15) is 24.8 Å². The molecule has 1 aliphatic rings. The largest absolute Gasteiger partial charge is 0.497 e. The number of likely N-dealkylation sites (tertiary alicyclic amines) is 1. The summed E-state index contributed by atoms with van der Waals surface area (Å²) in [6.45, 7) is 6.11. The van der Waals surface area contributed by atoms with E-state index in [1.165, 1.54) is 32.4 Å². The molecule has 0 saturated carbocycles. The average molecular weight is 394 g/mol. The Hall–Kier alpha value is -2.79. The molecular formula is C24H28NO4+. The van der Waals surface area contributed by atoms with E-state index in [1.807, 2.05) is 43.3 Å². The molecule has 5 heteroatoms. The highest BCUT2D eigenvalue weighted by molar-refractivity contribution is 5.85. The van der Waals surface area contributed by atoms with Crippen molar-refractivity contribution >= 4 is 11.0 Å². The van der Waals surface area contributed by atoms with E-state index in [2.05, 4.69) is 0 Å². The first-order valence-corrected chi connectivity index (χ1v) is 10.3. The first kappa shape index (κ1) is 19.5. The Labute approximate surface area is 170 Å². The summed E-state index contributed by atoms with van der Waals surface area (Å²) in [5.41, 5.74) is 2.78. The second kappa shape index (κ2) is 8.70. The number of piperidine rings is 1. The van der Waals surface area contributed by atoms with Crippen molar-refractivity contribution in [2.45, 2.75) is 26.2 Å². The molecule has 0 amide bonds. The lowest BCUT2D eigenvalue weighted by atomic mass is 10.0. The van der Waals surface area contributed by atoms with Crippen LogP contribution in [-0.4, -0.2) is 33.4 Å². The summed E-state index contributed by atoms with van der Waals surface area (Å²) in [4.78, 5) is 14.6. The highest BCUT2D eigenvalue weighted by Crippen LogP contribution is 2.28. The van der Waals surface area contributed by atoms with Crippen molar-refractivity contribution in [3.8, 4) is 22.6 Å². The second-order valence-corrected chi connectivity index (χ2v) is 7.68. The Kier molecular flexibility index (Phi) is 5.86. The van der Waals surface area contributed by atoms with E-state index in [0.29, 0.717) is 23.1 Å². The highest BCUT2D eigenvalue weighted by Gasteiger charge is 2.16. The van der Waals surface area contributed by atoms with Gasteiger partial charge in [0.15, 0.2) is 0 Å². The van der Waals surface area contributed by atoms with Crippen molar-refractivity contribution in [2.24, 2.45) is 0 Å². The van der Waals surface area contributed by atoms with E-state index in [1.54, 1.807) is 18.3 Å². The summed E-state index contributed by atoms with van der Waals surface area (Å²) in [6, 6.07) is 11.1. The molecule has 152 valence electrons. The Morgan fingerprint density at radius 1 is 1.03 bits per heavy atom. The minimum absolute atomic E-state index is 0.0381. The van der Waals surface area contributed by atoms with E-state index in [9.17, 15) is 4.79 Å². The third-order valence-corrected chi connectivity index (χ3v) is 5.81. The summed E-state index contributed by atoms with van der Waals surface area (Å²) < 4.78 is 17.1. The lowest BCUT2D eigenvalue weighted by molar-refractivity contribution is -0.904. The molecule has 1 N–H and O–H groups in total. The van der Waals surface area contributed by atoms with Crippen LogP contribution in [0.25, 0.3) is 22.1 Å². The predicted octanol–water partition coefficient (Wildman–Crippen LogP) is 3.22. The number of rotatable bonds is 6. The SMILES string of the molecule is COc1ccc(-c2coc3c(C)c(OCC[NH+]4CCCCC4)ccc3c2=O)cc1. The van der Waals surface area contributed by atoms with Gasteiger partial charge in [-0.3, -0.25) is 4.79 Å². The maximum atomic E-state index is 13.0. The number of hydrogen-bond donors (Lipinski definition) is 1. The zero-order valence-electron chi connectivity index (χ0n) is 17.1. The van der Waals surface area contributed by atoms with Gasteiger partial charge >= 0.3 is 0 Å². The van der Waals surface area contributed by atoms with Gasteiger partial charge in [-0.25, -0.2) is 0 Å². The number of hydrogen-bond acceptors (Lipinski definition) is 4. The zero-order valence-corrected chi connectivity index (χ0v) is 17.1. The number of quaternary nitrogens is 1. The Balaban J connectivity index is 1.55. The van der Waals surface area contributed by atoms with Gasteiger partial charge in [0, 0.05) is 5.56 Å². The van der Waals surface area contributed by atoms with Crippen LogP contribution in [0.15, 0.2) is 51.9 Å². The van der Waals surface area contributed by atoms with Crippen LogP contribution in [0.3, 0.4) is 0 Å². The third-order valence-electron chi connectivity index (χ3n) is 5.81. The van der Waals surface area contributed by atoms with Crippen LogP contribution in [0.4, 0.5) is 0 Å². The summed E-state index contributed by atoms with van der Waals surface area (Å²) in [7, 11) is 1.62. The topological polar surface area (TPSA) is 53.1 Å². The van der Waals surface area contributed by atoms with Gasteiger partial charge in [-0.05, 0) is 56.0 Å². The molecule has 0 atom stereocenters. The van der Waals surface area contributed by atoms with Gasteiger partial charge in [0.25, 0.3) is 0 Å². The van der Waals surface area contributed by atoms with Gasteiger partial charge in [0.05, 0.1) is 31.1 Å². The first-order chi connectivity index (χ1) is 14.2. The highest BCUT2D eigenvalue weighted by atomic mass is 16.5. The lowest BCUT2D eigenvalue weighted by Crippen LogP contribution is -3.13. The molecule has 1 aromatic heterocycles. The van der Waals surface area contributed by atoms with Gasteiger partial charge in [-0.1, -0.05) is 12.1 Å². The Morgan fingerprint density at radius 2 is 1.79 bits per heavy atom. The first-order valence-electron chi connectivity index (χ1n) is 10.3. The van der Waals surface area contributed by atoms with Gasteiger partial charge in [-0.15, -0.1) is 0 Å². The quantitative estimate of drug-likeness (QED) is 0.698. The molecule has 0 aliphatic carbocycles. The molecule has 5 nitrogen and oxygen atoms in total. The molecule has 3 aromatic rings. The van der Waals surface area contributed by atoms with E-state index in [-0.39, 0.29) is 5.43 Å². The van der Waals surface area contributed by atoms with Crippen LogP contribution in [0, 0.1) is 6.92 Å². The number of benzene rings is 2. The van der Waals surface area contributed by atoms with Gasteiger partial charge in [0.2, 0.25) is 5.43 Å². The molecule has 2 aromatic carbocycles. The molecule has 1 fully saturated rings. The van der Waals surface area contributed by atoms with Crippen molar-refractivity contribution in [3.63, 3.8) is 0 Å². The maximum Gasteiger partial charge on any atom is 0.200 e. The normalized spacial score (nSPS) is 14.8. The smallest absolute Gasteiger partial charge is 0.200 e. The standard InChI is InChI=1S/C24H27NO4/c1-17-22(28-15-14-25-12-4-3-5-13-25)11-10-20-23(26)21(16-29-24(17)20)18-6-8-19(27-2)9-7-18/h6-11,16H,3-5,12-15H2,1-2H3/p+1. The molecule has 1 aliphatic heterocycles. The fourth-order valence-corrected chi connectivity index (χ4v) is 4.05. The van der Waals surface area contributed by atoms with Crippen molar-refractivity contribution < 1.29 is 18.8 Å². The van der Waals surface area contributed by atoms with Crippen LogP contribution < -0.4 is 19.8 Å². The fraction of sp³-hybridized carbons (Fsp3) is 0.375. The molecule has 0 unspecified atom stereocenters. The number of aryl methyl sites for hydroxylation is 1. The minimum Gasteiger partial charge on any atom is -0.497 e. The van der Waals surface area contributed by atoms with E-state index in [0.717, 1.165) is 29.2 Å². The fourth-order valence-electron chi connectivity index (χ4n) is 4.05. The molecular weight excluding hydrogens is 366 g/mol. The molecule has 29 heavy (non-hydrogen) atoms. The summed E-state index contributed by atoms with van der Waals surface area (Å²) in [6.07, 6.45) is 5.52. The van der Waals surface area contributed by atoms with Crippen molar-refractivity contribution in [2.75, 3.05) is 33.4 Å². The molecule has 0 bridgehead atoms. The third kappa shape index (κ3) is 4.15. The van der Waals surface area contributed by atoms with Crippen LogP contribution in [0.2, 0.25) is 0 Å². The molecule has 4 rings (SSSR count). The summed E-state index contributed by atoms with van der Waals surface area (Å²) in [5.74, 6) is 1.54. The molecule has 0 spiro atoms. The minimum atomic E-state index is -0.0381. The maximum absolute atomic E-state index is 13.0. The number of ether oxygens (including phenoxy) is 2. The van der Waals surface area contributed by atoms with Crippen molar-refractivity contribution in [1.82, 2.24) is 0 Å². The number of fused-ring (bicyclic) bond motifs is 1. The summed E-state index contributed by atoms with van der Waals surface area (Å²) >= 11 is 0. The van der Waals surface area contributed by atoms with Crippen LogP contribution in [0.5, 0.6) is 11.5 Å². The lowest BCUT2D eigenvalue weighted by Gasteiger charge is -2.23. The summed E-state index contributed by atoms with van der Waals surface area (Å²) in [5, 5.41) is 0.574. The predicted molar refractivity (Wildman–Crippen MR) is 114 cm³/mol. The van der Waals surface area contributed by atoms with Crippen LogP contribution >= 0.6 is 0 Å².